The van der Waals surface area contributed by atoms with Gasteiger partial charge in [-0.15, -0.1) is 5.10 Å². The van der Waals surface area contributed by atoms with Gasteiger partial charge in [0.05, 0.1) is 15.2 Å². The van der Waals surface area contributed by atoms with Gasteiger partial charge in [0.2, 0.25) is 0 Å². The minimum absolute atomic E-state index is 0.595. The van der Waals surface area contributed by atoms with Crippen LogP contribution in [0.3, 0.4) is 0 Å². The summed E-state index contributed by atoms with van der Waals surface area (Å²) in [4.78, 5) is 0. The monoisotopic (exact) mass is 363 g/mol. The van der Waals surface area contributed by atoms with E-state index in [2.05, 4.69) is 31.5 Å². The molecule has 0 unspecified atom stereocenters. The van der Waals surface area contributed by atoms with Crippen molar-refractivity contribution in [3.05, 3.63) is 51.5 Å². The zero-order chi connectivity index (χ0) is 15.0. The van der Waals surface area contributed by atoms with Gasteiger partial charge in [-0.05, 0) is 69.2 Å². The molecule has 2 aromatic carbocycles. The molecule has 3 rings (SSSR count). The summed E-state index contributed by atoms with van der Waals surface area (Å²) in [5, 5.41) is 12.5. The molecule has 0 amide bonds. The van der Waals surface area contributed by atoms with Crippen LogP contribution in [0.25, 0.3) is 17.1 Å². The van der Waals surface area contributed by atoms with E-state index in [0.29, 0.717) is 16.5 Å². The Morgan fingerprint density at radius 3 is 2.81 bits per heavy atom. The Morgan fingerprint density at radius 2 is 2.05 bits per heavy atom. The van der Waals surface area contributed by atoms with Crippen LogP contribution in [0.4, 0.5) is 5.69 Å². The minimum Gasteiger partial charge on any atom is -0.399 e. The molecule has 1 aromatic heterocycles. The number of benzene rings is 2. The highest BCUT2D eigenvalue weighted by atomic mass is 79.9. The van der Waals surface area contributed by atoms with Crippen molar-refractivity contribution in [2.45, 2.75) is 6.92 Å². The maximum atomic E-state index is 6.13. The molecule has 0 aliphatic rings. The summed E-state index contributed by atoms with van der Waals surface area (Å²) in [5.41, 5.74) is 9.23. The Kier molecular flexibility index (Phi) is 3.65. The third-order valence-corrected chi connectivity index (χ3v) is 4.36. The van der Waals surface area contributed by atoms with Crippen molar-refractivity contribution >= 4 is 33.2 Å². The molecule has 2 N–H and O–H groups in total. The molecule has 0 fully saturated rings. The van der Waals surface area contributed by atoms with Crippen LogP contribution in [-0.4, -0.2) is 20.2 Å². The van der Waals surface area contributed by atoms with Crippen LogP contribution in [-0.2, 0) is 0 Å². The first kappa shape index (κ1) is 14.0. The molecule has 106 valence electrons. The average molecular weight is 365 g/mol. The summed E-state index contributed by atoms with van der Waals surface area (Å²) < 4.78 is 2.37. The van der Waals surface area contributed by atoms with Crippen LogP contribution in [0.5, 0.6) is 0 Å². The second kappa shape index (κ2) is 5.46. The first-order valence-electron chi connectivity index (χ1n) is 6.16. The lowest BCUT2D eigenvalue weighted by atomic mass is 10.1. The van der Waals surface area contributed by atoms with E-state index in [1.807, 2.05) is 37.3 Å². The van der Waals surface area contributed by atoms with Crippen molar-refractivity contribution in [2.24, 2.45) is 0 Å². The summed E-state index contributed by atoms with van der Waals surface area (Å²) in [6.07, 6.45) is 0. The number of aryl methyl sites for hydroxylation is 1. The van der Waals surface area contributed by atoms with Gasteiger partial charge in [-0.1, -0.05) is 17.7 Å². The normalized spacial score (nSPS) is 10.8. The molecule has 0 saturated carbocycles. The Bertz CT molecular complexity index is 795. The van der Waals surface area contributed by atoms with Gasteiger partial charge in [-0.2, -0.15) is 4.68 Å². The minimum atomic E-state index is 0.595. The van der Waals surface area contributed by atoms with E-state index in [1.165, 1.54) is 0 Å². The Balaban J connectivity index is 2.19. The summed E-state index contributed by atoms with van der Waals surface area (Å²) in [6.45, 7) is 1.98. The van der Waals surface area contributed by atoms with E-state index in [0.717, 1.165) is 21.3 Å². The van der Waals surface area contributed by atoms with Crippen LogP contribution >= 0.6 is 27.5 Å². The summed E-state index contributed by atoms with van der Waals surface area (Å²) in [6, 6.07) is 11.2. The first-order valence-corrected chi connectivity index (χ1v) is 7.33. The standard InChI is InChI=1S/C14H11BrClN5/c1-8-5-9(7-10(17)6-8)14-18-19-20-21(14)12-4-2-3-11(16)13(12)15/h2-7H,17H2,1H3. The zero-order valence-corrected chi connectivity index (χ0v) is 13.4. The number of halogens is 2. The van der Waals surface area contributed by atoms with Gasteiger partial charge in [-0.3, -0.25) is 0 Å². The zero-order valence-electron chi connectivity index (χ0n) is 11.1. The maximum Gasteiger partial charge on any atom is 0.187 e. The third-order valence-electron chi connectivity index (χ3n) is 2.99. The van der Waals surface area contributed by atoms with Gasteiger partial charge >= 0.3 is 0 Å². The molecule has 7 heteroatoms. The molecule has 0 bridgehead atoms. The van der Waals surface area contributed by atoms with Gasteiger partial charge in [-0.25, -0.2) is 0 Å². The fraction of sp³-hybridized carbons (Fsp3) is 0.0714. The SMILES string of the molecule is Cc1cc(N)cc(-c2nnnn2-c2cccc(Cl)c2Br)c1. The highest BCUT2D eigenvalue weighted by molar-refractivity contribution is 9.10. The molecule has 3 aromatic rings. The number of nitrogens with two attached hydrogens (primary N) is 1. The number of tetrazole rings is 1. The molecular formula is C14H11BrClN5. The number of hydrogen-bond donors (Lipinski definition) is 1. The lowest BCUT2D eigenvalue weighted by molar-refractivity contribution is 0.789. The van der Waals surface area contributed by atoms with E-state index >= 15 is 0 Å². The predicted molar refractivity (Wildman–Crippen MR) is 86.4 cm³/mol. The smallest absolute Gasteiger partial charge is 0.187 e. The van der Waals surface area contributed by atoms with Crippen LogP contribution in [0.1, 0.15) is 5.56 Å². The highest BCUT2D eigenvalue weighted by Crippen LogP contribution is 2.31. The summed E-state index contributed by atoms with van der Waals surface area (Å²) in [7, 11) is 0. The third kappa shape index (κ3) is 2.64. The lowest BCUT2D eigenvalue weighted by Gasteiger charge is -2.09. The molecule has 0 aliphatic carbocycles. The molecule has 0 saturated heterocycles. The van der Waals surface area contributed by atoms with E-state index in [9.17, 15) is 0 Å². The van der Waals surface area contributed by atoms with Crippen molar-refractivity contribution in [1.29, 1.82) is 0 Å². The Labute approximate surface area is 134 Å². The average Bonchev–Trinajstić information content (AvgIpc) is 2.90. The molecule has 0 atom stereocenters. The number of anilines is 1. The van der Waals surface area contributed by atoms with Gasteiger partial charge in [0.15, 0.2) is 5.82 Å². The number of hydrogen-bond acceptors (Lipinski definition) is 4. The second-order valence-corrected chi connectivity index (χ2v) is 5.82. The van der Waals surface area contributed by atoms with E-state index in [1.54, 1.807) is 10.7 Å². The van der Waals surface area contributed by atoms with Crippen molar-refractivity contribution in [3.63, 3.8) is 0 Å². The van der Waals surface area contributed by atoms with Crippen LogP contribution in [0, 0.1) is 6.92 Å². The van der Waals surface area contributed by atoms with Crippen molar-refractivity contribution in [1.82, 2.24) is 20.2 Å². The van der Waals surface area contributed by atoms with Crippen molar-refractivity contribution < 1.29 is 0 Å². The highest BCUT2D eigenvalue weighted by Gasteiger charge is 2.15. The molecule has 1 heterocycles. The van der Waals surface area contributed by atoms with Crippen LogP contribution in [0.15, 0.2) is 40.9 Å². The number of aromatic nitrogens is 4. The van der Waals surface area contributed by atoms with Crippen LogP contribution < -0.4 is 5.73 Å². The first-order chi connectivity index (χ1) is 10.1. The fourth-order valence-electron chi connectivity index (χ4n) is 2.13. The van der Waals surface area contributed by atoms with Gasteiger partial charge in [0, 0.05) is 11.3 Å². The number of nitrogens with zero attached hydrogens (tertiary/aromatic N) is 4. The molecule has 0 radical (unpaired) electrons. The Hall–Kier alpha value is -1.92. The second-order valence-electron chi connectivity index (χ2n) is 4.62. The van der Waals surface area contributed by atoms with Gasteiger partial charge in [0.25, 0.3) is 0 Å². The van der Waals surface area contributed by atoms with Crippen molar-refractivity contribution in [2.75, 3.05) is 5.73 Å². The molecule has 0 aliphatic heterocycles. The fourth-order valence-corrected chi connectivity index (χ4v) is 2.73. The van der Waals surface area contributed by atoms with Crippen LogP contribution in [0.2, 0.25) is 5.02 Å². The molecule has 0 spiro atoms. The van der Waals surface area contributed by atoms with E-state index in [4.69, 9.17) is 17.3 Å². The van der Waals surface area contributed by atoms with E-state index in [-0.39, 0.29) is 0 Å². The maximum absolute atomic E-state index is 6.13. The topological polar surface area (TPSA) is 69.6 Å². The van der Waals surface area contributed by atoms with Crippen molar-refractivity contribution in [3.8, 4) is 17.1 Å². The van der Waals surface area contributed by atoms with E-state index < -0.39 is 0 Å². The lowest BCUT2D eigenvalue weighted by Crippen LogP contribution is -2.01. The summed E-state index contributed by atoms with van der Waals surface area (Å²) in [5.74, 6) is 0.605. The Morgan fingerprint density at radius 1 is 1.24 bits per heavy atom. The number of nitrogen functional groups attached to an aromatic ring is 1. The van der Waals surface area contributed by atoms with Gasteiger partial charge in [0.1, 0.15) is 0 Å². The molecular weight excluding hydrogens is 354 g/mol. The predicted octanol–water partition coefficient (Wildman–Crippen LogP) is 3.64. The number of rotatable bonds is 2. The summed E-state index contributed by atoms with van der Waals surface area (Å²) >= 11 is 9.59. The largest absolute Gasteiger partial charge is 0.399 e. The molecule has 21 heavy (non-hydrogen) atoms. The van der Waals surface area contributed by atoms with Gasteiger partial charge < -0.3 is 5.73 Å². The quantitative estimate of drug-likeness (QED) is 0.705. The molecule has 5 nitrogen and oxygen atoms in total.